The molecule has 1 aromatic rings. The van der Waals surface area contributed by atoms with Gasteiger partial charge in [0.1, 0.15) is 11.4 Å². The van der Waals surface area contributed by atoms with E-state index in [0.717, 1.165) is 4.90 Å². The van der Waals surface area contributed by atoms with E-state index >= 15 is 0 Å². The van der Waals surface area contributed by atoms with Crippen LogP contribution in [-0.2, 0) is 0 Å². The van der Waals surface area contributed by atoms with E-state index in [2.05, 4.69) is 0 Å². The SMILES string of the molecule is CC(O)CCN(C)C(=O)c1c(F)ccc([N+](=O)[O-])c1F. The number of aliphatic hydroxyl groups is 1. The first kappa shape index (κ1) is 16.0. The molecule has 0 saturated carbocycles. The molecule has 6 nitrogen and oxygen atoms in total. The molecule has 0 fully saturated rings. The van der Waals surface area contributed by atoms with Crippen LogP contribution in [0.2, 0.25) is 0 Å². The lowest BCUT2D eigenvalue weighted by Crippen LogP contribution is -2.31. The predicted molar refractivity (Wildman–Crippen MR) is 66.3 cm³/mol. The third-order valence-corrected chi connectivity index (χ3v) is 2.71. The lowest BCUT2D eigenvalue weighted by molar-refractivity contribution is -0.387. The maximum atomic E-state index is 13.8. The van der Waals surface area contributed by atoms with Crippen LogP contribution in [0.25, 0.3) is 0 Å². The Kier molecular flexibility index (Phi) is 5.09. The number of nitro benzene ring substituents is 1. The van der Waals surface area contributed by atoms with Gasteiger partial charge in [-0.25, -0.2) is 4.39 Å². The summed E-state index contributed by atoms with van der Waals surface area (Å²) in [5, 5.41) is 19.7. The minimum Gasteiger partial charge on any atom is -0.393 e. The van der Waals surface area contributed by atoms with E-state index in [9.17, 15) is 23.7 Å². The molecule has 0 spiro atoms. The van der Waals surface area contributed by atoms with Gasteiger partial charge in [-0.3, -0.25) is 14.9 Å². The number of carbonyl (C=O) groups excluding carboxylic acids is 1. The molecular weight excluding hydrogens is 274 g/mol. The average Bonchev–Trinajstić information content (AvgIpc) is 2.35. The third-order valence-electron chi connectivity index (χ3n) is 2.71. The van der Waals surface area contributed by atoms with Crippen molar-refractivity contribution in [1.82, 2.24) is 4.90 Å². The number of benzene rings is 1. The Morgan fingerprint density at radius 1 is 1.50 bits per heavy atom. The third kappa shape index (κ3) is 3.47. The zero-order valence-electron chi connectivity index (χ0n) is 11.0. The van der Waals surface area contributed by atoms with Crippen molar-refractivity contribution in [1.29, 1.82) is 0 Å². The molecule has 0 aromatic heterocycles. The smallest absolute Gasteiger partial charge is 0.305 e. The number of nitrogens with zero attached hydrogens (tertiary/aromatic N) is 2. The second-order valence-corrected chi connectivity index (χ2v) is 4.38. The second-order valence-electron chi connectivity index (χ2n) is 4.38. The van der Waals surface area contributed by atoms with E-state index in [4.69, 9.17) is 5.11 Å². The molecule has 1 N–H and O–H groups in total. The van der Waals surface area contributed by atoms with Crippen LogP contribution in [0.4, 0.5) is 14.5 Å². The average molecular weight is 288 g/mol. The Hall–Kier alpha value is -2.09. The summed E-state index contributed by atoms with van der Waals surface area (Å²) < 4.78 is 27.4. The maximum absolute atomic E-state index is 13.8. The second kappa shape index (κ2) is 6.38. The highest BCUT2D eigenvalue weighted by Gasteiger charge is 2.28. The summed E-state index contributed by atoms with van der Waals surface area (Å²) in [6, 6.07) is 1.34. The van der Waals surface area contributed by atoms with Gasteiger partial charge < -0.3 is 10.0 Å². The number of hydrogen-bond donors (Lipinski definition) is 1. The minimum atomic E-state index is -1.50. The van der Waals surface area contributed by atoms with Crippen molar-refractivity contribution in [3.05, 3.63) is 39.4 Å². The highest BCUT2D eigenvalue weighted by molar-refractivity contribution is 5.95. The van der Waals surface area contributed by atoms with Gasteiger partial charge in [0, 0.05) is 19.7 Å². The highest BCUT2D eigenvalue weighted by Crippen LogP contribution is 2.24. The van der Waals surface area contributed by atoms with Crippen LogP contribution < -0.4 is 0 Å². The van der Waals surface area contributed by atoms with Crippen LogP contribution in [0.5, 0.6) is 0 Å². The topological polar surface area (TPSA) is 83.7 Å². The Morgan fingerprint density at radius 2 is 2.10 bits per heavy atom. The van der Waals surface area contributed by atoms with Crippen molar-refractivity contribution in [2.24, 2.45) is 0 Å². The molecule has 1 aromatic carbocycles. The van der Waals surface area contributed by atoms with Gasteiger partial charge in [-0.1, -0.05) is 0 Å². The number of rotatable bonds is 5. The first-order valence-electron chi connectivity index (χ1n) is 5.81. The van der Waals surface area contributed by atoms with Crippen LogP contribution in [0.1, 0.15) is 23.7 Å². The Morgan fingerprint density at radius 3 is 2.60 bits per heavy atom. The van der Waals surface area contributed by atoms with Gasteiger partial charge in [-0.15, -0.1) is 0 Å². The number of halogens is 2. The normalized spacial score (nSPS) is 12.1. The van der Waals surface area contributed by atoms with Gasteiger partial charge in [0.2, 0.25) is 5.82 Å². The van der Waals surface area contributed by atoms with Gasteiger partial charge in [-0.2, -0.15) is 4.39 Å². The highest BCUT2D eigenvalue weighted by atomic mass is 19.1. The summed E-state index contributed by atoms with van der Waals surface area (Å²) in [4.78, 5) is 22.5. The van der Waals surface area contributed by atoms with Crippen molar-refractivity contribution in [3.8, 4) is 0 Å². The van der Waals surface area contributed by atoms with Crippen molar-refractivity contribution in [3.63, 3.8) is 0 Å². The summed E-state index contributed by atoms with van der Waals surface area (Å²) in [5.41, 5.74) is -1.93. The van der Waals surface area contributed by atoms with Crippen molar-refractivity contribution in [2.45, 2.75) is 19.4 Å². The Labute approximate surface area is 113 Å². The Balaban J connectivity index is 3.09. The van der Waals surface area contributed by atoms with Crippen LogP contribution >= 0.6 is 0 Å². The first-order valence-corrected chi connectivity index (χ1v) is 5.81. The standard InChI is InChI=1S/C12H14F2N2O4/c1-7(17)5-6-15(2)12(18)10-8(13)3-4-9(11(10)14)16(19)20/h3-4,7,17H,5-6H2,1-2H3. The molecule has 20 heavy (non-hydrogen) atoms. The van der Waals surface area contributed by atoms with Gasteiger partial charge in [0.05, 0.1) is 11.0 Å². The molecule has 8 heteroatoms. The molecule has 0 saturated heterocycles. The molecule has 0 aliphatic heterocycles. The van der Waals surface area contributed by atoms with E-state index in [1.807, 2.05) is 0 Å². The molecule has 0 bridgehead atoms. The van der Waals surface area contributed by atoms with Gasteiger partial charge in [-0.05, 0) is 19.4 Å². The quantitative estimate of drug-likeness (QED) is 0.660. The van der Waals surface area contributed by atoms with E-state index in [-0.39, 0.29) is 13.0 Å². The van der Waals surface area contributed by atoms with E-state index in [0.29, 0.717) is 12.1 Å². The fourth-order valence-corrected chi connectivity index (χ4v) is 1.55. The molecule has 0 heterocycles. The Bertz CT molecular complexity index is 534. The monoisotopic (exact) mass is 288 g/mol. The number of nitro groups is 1. The first-order chi connectivity index (χ1) is 9.25. The number of hydrogen-bond acceptors (Lipinski definition) is 4. The number of amides is 1. The summed E-state index contributed by atoms with van der Waals surface area (Å²) in [6.45, 7) is 1.57. The lowest BCUT2D eigenvalue weighted by atomic mass is 10.1. The van der Waals surface area contributed by atoms with Crippen LogP contribution in [0.15, 0.2) is 12.1 Å². The molecular formula is C12H14F2N2O4. The molecule has 1 rings (SSSR count). The fraction of sp³-hybridized carbons (Fsp3) is 0.417. The zero-order valence-corrected chi connectivity index (χ0v) is 11.0. The molecule has 110 valence electrons. The lowest BCUT2D eigenvalue weighted by Gasteiger charge is -2.18. The van der Waals surface area contributed by atoms with Gasteiger partial charge in [0.15, 0.2) is 0 Å². The summed E-state index contributed by atoms with van der Waals surface area (Å²) >= 11 is 0. The zero-order chi connectivity index (χ0) is 15.4. The molecule has 0 aliphatic carbocycles. The van der Waals surface area contributed by atoms with Crippen molar-refractivity contribution < 1.29 is 23.6 Å². The molecule has 1 amide bonds. The van der Waals surface area contributed by atoms with Gasteiger partial charge >= 0.3 is 5.69 Å². The fourth-order valence-electron chi connectivity index (χ4n) is 1.55. The van der Waals surface area contributed by atoms with E-state index in [1.165, 1.54) is 14.0 Å². The van der Waals surface area contributed by atoms with E-state index < -0.39 is 39.8 Å². The number of carbonyl (C=O) groups is 1. The van der Waals surface area contributed by atoms with Crippen molar-refractivity contribution >= 4 is 11.6 Å². The predicted octanol–water partition coefficient (Wildman–Crippen LogP) is 1.72. The largest absolute Gasteiger partial charge is 0.393 e. The van der Waals surface area contributed by atoms with Crippen molar-refractivity contribution in [2.75, 3.05) is 13.6 Å². The van der Waals surface area contributed by atoms with Crippen LogP contribution in [0.3, 0.4) is 0 Å². The molecule has 0 aliphatic rings. The summed E-state index contributed by atoms with van der Waals surface area (Å²) in [6.07, 6.45) is -0.453. The van der Waals surface area contributed by atoms with E-state index in [1.54, 1.807) is 0 Å². The minimum absolute atomic E-state index is 0.0675. The molecule has 1 unspecified atom stereocenters. The summed E-state index contributed by atoms with van der Waals surface area (Å²) in [7, 11) is 1.29. The van der Waals surface area contributed by atoms with Crippen LogP contribution in [0, 0.1) is 21.7 Å². The maximum Gasteiger partial charge on any atom is 0.305 e. The van der Waals surface area contributed by atoms with Gasteiger partial charge in [0.25, 0.3) is 5.91 Å². The number of aliphatic hydroxyl groups excluding tert-OH is 1. The molecule has 1 atom stereocenters. The van der Waals surface area contributed by atoms with Crippen LogP contribution in [-0.4, -0.2) is 40.5 Å². The molecule has 0 radical (unpaired) electrons. The summed E-state index contributed by atoms with van der Waals surface area (Å²) in [5.74, 6) is -3.67.